The summed E-state index contributed by atoms with van der Waals surface area (Å²) in [5, 5.41) is 3.79. The maximum absolute atomic E-state index is 11.8. The van der Waals surface area contributed by atoms with Crippen molar-refractivity contribution < 1.29 is 9.53 Å². The van der Waals surface area contributed by atoms with Gasteiger partial charge in [-0.1, -0.05) is 65.7 Å². The van der Waals surface area contributed by atoms with Crippen molar-refractivity contribution in [2.75, 3.05) is 0 Å². The van der Waals surface area contributed by atoms with Crippen LogP contribution in [0.25, 0.3) is 5.57 Å². The largest absolute Gasteiger partial charge is 0.439 e. The molecule has 2 aromatic carbocycles. The average molecular weight is 387 g/mol. The van der Waals surface area contributed by atoms with Crippen molar-refractivity contribution in [1.29, 1.82) is 0 Å². The minimum absolute atomic E-state index is 0.393. The summed E-state index contributed by atoms with van der Waals surface area (Å²) in [4.78, 5) is 15.6. The van der Waals surface area contributed by atoms with E-state index in [1.807, 2.05) is 42.5 Å². The molecule has 132 valence electrons. The first-order chi connectivity index (χ1) is 12.6. The molecule has 1 amide bonds. The molecule has 6 heteroatoms. The predicted molar refractivity (Wildman–Crippen MR) is 106 cm³/mol. The van der Waals surface area contributed by atoms with Crippen molar-refractivity contribution in [3.63, 3.8) is 0 Å². The second-order valence-corrected chi connectivity index (χ2v) is 6.50. The first-order valence-electron chi connectivity index (χ1n) is 7.90. The third kappa shape index (κ3) is 4.15. The molecule has 4 nitrogen and oxygen atoms in total. The Labute approximate surface area is 161 Å². The molecular weight excluding hydrogens is 371 g/mol. The number of cyclic esters (lactones) is 1. The molecule has 1 aliphatic rings. The van der Waals surface area contributed by atoms with Crippen LogP contribution in [0.4, 0.5) is 4.79 Å². The third-order valence-corrected chi connectivity index (χ3v) is 4.51. The highest BCUT2D eigenvalue weighted by Gasteiger charge is 2.35. The van der Waals surface area contributed by atoms with Gasteiger partial charge in [-0.25, -0.2) is 4.79 Å². The summed E-state index contributed by atoms with van der Waals surface area (Å²) in [6, 6.07) is 14.4. The summed E-state index contributed by atoms with van der Waals surface area (Å²) in [6.45, 7) is 3.51. The molecule has 0 bridgehead atoms. The summed E-state index contributed by atoms with van der Waals surface area (Å²) in [6.07, 6.45) is 4.29. The van der Waals surface area contributed by atoms with Gasteiger partial charge in [0.1, 0.15) is 0 Å². The Bertz CT molecular complexity index is 879. The van der Waals surface area contributed by atoms with Crippen LogP contribution in [0.1, 0.15) is 17.2 Å². The van der Waals surface area contributed by atoms with Crippen molar-refractivity contribution in [3.8, 4) is 0 Å². The number of carbonyl (C=O) groups is 1. The normalized spacial score (nSPS) is 20.1. The lowest BCUT2D eigenvalue weighted by atomic mass is 10.00. The standard InChI is InChI=1S/C20H16Cl2N2O2/c1-23-12-14(13-5-3-2-4-6-13)7-10-18-19(26-20(25)24-18)16-11-15(21)8-9-17(16)22/h2-12,18-19H,1H2,(H,24,25)/b10-7+,14-12+/t18-,19-/m1/s1. The molecule has 0 aliphatic carbocycles. The van der Waals surface area contributed by atoms with Crippen LogP contribution in [0.2, 0.25) is 10.0 Å². The minimum atomic E-state index is -0.571. The molecule has 0 aromatic heterocycles. The zero-order chi connectivity index (χ0) is 18.5. The summed E-state index contributed by atoms with van der Waals surface area (Å²) >= 11 is 12.3. The highest BCUT2D eigenvalue weighted by atomic mass is 35.5. The van der Waals surface area contributed by atoms with Crippen molar-refractivity contribution in [2.24, 2.45) is 4.99 Å². The Hall–Kier alpha value is -2.56. The van der Waals surface area contributed by atoms with Crippen LogP contribution >= 0.6 is 23.2 Å². The van der Waals surface area contributed by atoms with Gasteiger partial charge in [-0.15, -0.1) is 0 Å². The quantitative estimate of drug-likeness (QED) is 0.549. The molecule has 0 spiro atoms. The Kier molecular flexibility index (Phi) is 5.76. The molecule has 0 radical (unpaired) electrons. The molecule has 0 saturated carbocycles. The molecule has 1 aliphatic heterocycles. The van der Waals surface area contributed by atoms with Gasteiger partial charge in [0.25, 0.3) is 0 Å². The topological polar surface area (TPSA) is 50.7 Å². The average Bonchev–Trinajstić information content (AvgIpc) is 3.02. The molecule has 1 saturated heterocycles. The van der Waals surface area contributed by atoms with Crippen LogP contribution in [0, 0.1) is 0 Å². The Morgan fingerprint density at radius 1 is 1.19 bits per heavy atom. The Balaban J connectivity index is 1.90. The van der Waals surface area contributed by atoms with Gasteiger partial charge < -0.3 is 10.1 Å². The number of alkyl carbamates (subject to hydrolysis) is 1. The number of carbonyl (C=O) groups excluding carboxylic acids is 1. The molecule has 1 N–H and O–H groups in total. The maximum Gasteiger partial charge on any atom is 0.408 e. The molecule has 0 unspecified atom stereocenters. The number of nitrogens with zero attached hydrogens (tertiary/aromatic N) is 1. The van der Waals surface area contributed by atoms with Crippen LogP contribution in [0.15, 0.2) is 71.9 Å². The van der Waals surface area contributed by atoms with Gasteiger partial charge in [-0.3, -0.25) is 4.99 Å². The first-order valence-corrected chi connectivity index (χ1v) is 8.66. The number of hydrogen-bond donors (Lipinski definition) is 1. The second-order valence-electron chi connectivity index (χ2n) is 5.65. The first kappa shape index (κ1) is 18.2. The zero-order valence-electron chi connectivity index (χ0n) is 13.7. The smallest absolute Gasteiger partial charge is 0.408 e. The third-order valence-electron chi connectivity index (χ3n) is 3.93. The van der Waals surface area contributed by atoms with E-state index in [-0.39, 0.29) is 0 Å². The van der Waals surface area contributed by atoms with E-state index in [1.165, 1.54) is 0 Å². The molecular formula is C20H16Cl2N2O2. The number of rotatable bonds is 5. The van der Waals surface area contributed by atoms with Crippen molar-refractivity contribution in [3.05, 3.63) is 88.1 Å². The minimum Gasteiger partial charge on any atom is -0.439 e. The number of aliphatic imine (C=N–C) groups is 1. The van der Waals surface area contributed by atoms with E-state index >= 15 is 0 Å². The number of nitrogens with one attached hydrogen (secondary N) is 1. The van der Waals surface area contributed by atoms with E-state index in [4.69, 9.17) is 27.9 Å². The fourth-order valence-corrected chi connectivity index (χ4v) is 3.13. The van der Waals surface area contributed by atoms with E-state index in [9.17, 15) is 4.79 Å². The SMILES string of the molecule is C=N/C=C(\C=C\[C@H]1NC(=O)O[C@@H]1c1cc(Cl)ccc1Cl)c1ccccc1. The van der Waals surface area contributed by atoms with E-state index in [0.29, 0.717) is 15.6 Å². The van der Waals surface area contributed by atoms with Gasteiger partial charge in [0, 0.05) is 21.8 Å². The van der Waals surface area contributed by atoms with E-state index in [2.05, 4.69) is 17.0 Å². The molecule has 3 rings (SSSR count). The molecule has 1 fully saturated rings. The lowest BCUT2D eigenvalue weighted by Gasteiger charge is -2.16. The van der Waals surface area contributed by atoms with Crippen molar-refractivity contribution >= 4 is 41.6 Å². The predicted octanol–water partition coefficient (Wildman–Crippen LogP) is 5.44. The van der Waals surface area contributed by atoms with Gasteiger partial charge in [0.05, 0.1) is 6.04 Å². The maximum atomic E-state index is 11.8. The van der Waals surface area contributed by atoms with Crippen LogP contribution in [-0.4, -0.2) is 18.9 Å². The summed E-state index contributed by atoms with van der Waals surface area (Å²) < 4.78 is 5.39. The number of ether oxygens (including phenoxy) is 1. The van der Waals surface area contributed by atoms with Gasteiger partial charge in [0.2, 0.25) is 0 Å². The van der Waals surface area contributed by atoms with Crippen molar-refractivity contribution in [1.82, 2.24) is 5.32 Å². The molecule has 2 atom stereocenters. The Morgan fingerprint density at radius 3 is 2.69 bits per heavy atom. The number of benzene rings is 2. The highest BCUT2D eigenvalue weighted by molar-refractivity contribution is 6.33. The Morgan fingerprint density at radius 2 is 1.96 bits per heavy atom. The summed E-state index contributed by atoms with van der Waals surface area (Å²) in [7, 11) is 0. The van der Waals surface area contributed by atoms with Crippen LogP contribution in [0.5, 0.6) is 0 Å². The molecule has 1 heterocycles. The number of allylic oxidation sites excluding steroid dienone is 2. The van der Waals surface area contributed by atoms with E-state index in [1.54, 1.807) is 24.4 Å². The monoisotopic (exact) mass is 386 g/mol. The lowest BCUT2D eigenvalue weighted by Crippen LogP contribution is -2.25. The van der Waals surface area contributed by atoms with Crippen LogP contribution in [0.3, 0.4) is 0 Å². The molecule has 26 heavy (non-hydrogen) atoms. The summed E-state index contributed by atoms with van der Waals surface area (Å²) in [5.74, 6) is 0. The number of hydrogen-bond acceptors (Lipinski definition) is 3. The van der Waals surface area contributed by atoms with Gasteiger partial charge in [-0.2, -0.15) is 0 Å². The van der Waals surface area contributed by atoms with Crippen LogP contribution in [-0.2, 0) is 4.74 Å². The zero-order valence-corrected chi connectivity index (χ0v) is 15.2. The van der Waals surface area contributed by atoms with E-state index < -0.39 is 18.2 Å². The fourth-order valence-electron chi connectivity index (χ4n) is 2.72. The van der Waals surface area contributed by atoms with Crippen molar-refractivity contribution in [2.45, 2.75) is 12.1 Å². The number of halogens is 2. The van der Waals surface area contributed by atoms with Gasteiger partial charge >= 0.3 is 6.09 Å². The van der Waals surface area contributed by atoms with E-state index in [0.717, 1.165) is 11.1 Å². The summed E-state index contributed by atoms with van der Waals surface area (Å²) in [5.41, 5.74) is 2.50. The highest BCUT2D eigenvalue weighted by Crippen LogP contribution is 2.34. The van der Waals surface area contributed by atoms with Crippen LogP contribution < -0.4 is 5.32 Å². The molecule has 2 aromatic rings. The lowest BCUT2D eigenvalue weighted by molar-refractivity contribution is 0.136. The van der Waals surface area contributed by atoms with Gasteiger partial charge in [0.15, 0.2) is 6.10 Å². The number of amides is 1. The second kappa shape index (κ2) is 8.21. The van der Waals surface area contributed by atoms with Gasteiger partial charge in [-0.05, 0) is 36.1 Å². The fraction of sp³-hybridized carbons (Fsp3) is 0.100.